The van der Waals surface area contributed by atoms with Crippen molar-refractivity contribution < 1.29 is 14.3 Å². The molecule has 4 aromatic rings. The molecule has 0 atom stereocenters. The van der Waals surface area contributed by atoms with Crippen LogP contribution in [0.25, 0.3) is 32.9 Å². The van der Waals surface area contributed by atoms with Gasteiger partial charge in [0.1, 0.15) is 11.4 Å². The normalized spacial score (nSPS) is 13.8. The van der Waals surface area contributed by atoms with Gasteiger partial charge in [-0.05, 0) is 61.6 Å². The Hall–Kier alpha value is -3.74. The summed E-state index contributed by atoms with van der Waals surface area (Å²) in [6.07, 6.45) is 3.14. The highest BCUT2D eigenvalue weighted by Gasteiger charge is 2.29. The second-order valence-corrected chi connectivity index (χ2v) is 8.15. The van der Waals surface area contributed by atoms with E-state index in [-0.39, 0.29) is 22.6 Å². The number of H-pyrrole nitrogens is 1. The van der Waals surface area contributed by atoms with Gasteiger partial charge in [-0.3, -0.25) is 9.59 Å². The molecule has 0 aliphatic heterocycles. The minimum Gasteiger partial charge on any atom is -0.477 e. The lowest BCUT2D eigenvalue weighted by atomic mass is 9.94. The number of halogens is 1. The predicted molar refractivity (Wildman–Crippen MR) is 116 cm³/mol. The van der Waals surface area contributed by atoms with E-state index in [0.717, 1.165) is 29.9 Å². The second kappa shape index (κ2) is 6.63. The van der Waals surface area contributed by atoms with Crippen molar-refractivity contribution in [3.8, 4) is 11.1 Å². The highest BCUT2D eigenvalue weighted by molar-refractivity contribution is 5.97. The molecule has 156 valence electrons. The number of aromatic carboxylic acids is 1. The Bertz CT molecular complexity index is 1540. The fraction of sp³-hybridized carbons (Fsp3) is 0.208. The maximum absolute atomic E-state index is 15.3. The van der Waals surface area contributed by atoms with E-state index in [1.54, 1.807) is 19.1 Å². The number of hydrogen-bond acceptors (Lipinski definition) is 3. The molecule has 2 aromatic heterocycles. The van der Waals surface area contributed by atoms with E-state index in [2.05, 4.69) is 4.98 Å². The van der Waals surface area contributed by atoms with Crippen molar-refractivity contribution >= 4 is 27.8 Å². The Morgan fingerprint density at radius 1 is 1.13 bits per heavy atom. The van der Waals surface area contributed by atoms with Crippen molar-refractivity contribution in [3.05, 3.63) is 79.6 Å². The highest BCUT2D eigenvalue weighted by Crippen LogP contribution is 2.40. The van der Waals surface area contributed by atoms with Crippen LogP contribution in [0.3, 0.4) is 0 Å². The van der Waals surface area contributed by atoms with Crippen LogP contribution in [0.15, 0.2) is 46.1 Å². The van der Waals surface area contributed by atoms with Gasteiger partial charge < -0.3 is 14.7 Å². The number of benzene rings is 2. The summed E-state index contributed by atoms with van der Waals surface area (Å²) in [5.41, 5.74) is 2.33. The molecule has 2 aromatic carbocycles. The van der Waals surface area contributed by atoms with Gasteiger partial charge >= 0.3 is 5.97 Å². The van der Waals surface area contributed by atoms with E-state index in [1.807, 2.05) is 17.6 Å². The van der Waals surface area contributed by atoms with Crippen molar-refractivity contribution in [2.24, 2.45) is 0 Å². The summed E-state index contributed by atoms with van der Waals surface area (Å²) < 4.78 is 17.1. The van der Waals surface area contributed by atoms with Crippen LogP contribution in [-0.4, -0.2) is 20.6 Å². The first-order chi connectivity index (χ1) is 14.8. The van der Waals surface area contributed by atoms with Gasteiger partial charge in [-0.15, -0.1) is 0 Å². The standard InChI is InChI=1S/C24H19FN2O4/c1-11-7-20(28)26-19-6-3-13(8-15(11)19)21-12(2)22-16(9-18(21)25)23(29)17(24(30)31)10-27(22)14-4-5-14/h3,6-10,14H,4-5H2,1-2H3,(H,26,28)(H,30,31). The van der Waals surface area contributed by atoms with Crippen LogP contribution in [0.2, 0.25) is 0 Å². The van der Waals surface area contributed by atoms with Crippen LogP contribution in [0, 0.1) is 19.7 Å². The third kappa shape index (κ3) is 2.96. The summed E-state index contributed by atoms with van der Waals surface area (Å²) in [7, 11) is 0. The molecule has 6 nitrogen and oxygen atoms in total. The molecule has 31 heavy (non-hydrogen) atoms. The van der Waals surface area contributed by atoms with Gasteiger partial charge in [0.05, 0.1) is 5.52 Å². The van der Waals surface area contributed by atoms with Gasteiger partial charge in [0.15, 0.2) is 0 Å². The Balaban J connectivity index is 1.85. The summed E-state index contributed by atoms with van der Waals surface area (Å²) in [6.45, 7) is 3.58. The van der Waals surface area contributed by atoms with Crippen molar-refractivity contribution in [2.45, 2.75) is 32.7 Å². The van der Waals surface area contributed by atoms with E-state index >= 15 is 4.39 Å². The number of fused-ring (bicyclic) bond motifs is 2. The molecular weight excluding hydrogens is 399 g/mol. The fourth-order valence-corrected chi connectivity index (χ4v) is 4.41. The largest absolute Gasteiger partial charge is 0.477 e. The first-order valence-corrected chi connectivity index (χ1v) is 10.0. The zero-order valence-corrected chi connectivity index (χ0v) is 17.0. The summed E-state index contributed by atoms with van der Waals surface area (Å²) in [5.74, 6) is -1.91. The SMILES string of the molecule is Cc1cc(=O)[nH]c2ccc(-c3c(F)cc4c(=O)c(C(=O)O)cn(C5CC5)c4c3C)cc12. The number of carboxylic acids is 1. The van der Waals surface area contributed by atoms with Gasteiger partial charge in [0, 0.05) is 40.2 Å². The van der Waals surface area contributed by atoms with Gasteiger partial charge in [-0.2, -0.15) is 0 Å². The molecule has 0 amide bonds. The first kappa shape index (κ1) is 19.2. The quantitative estimate of drug-likeness (QED) is 0.519. The minimum absolute atomic E-state index is 0.0758. The third-order valence-corrected chi connectivity index (χ3v) is 6.02. The minimum atomic E-state index is -1.32. The Morgan fingerprint density at radius 3 is 2.55 bits per heavy atom. The molecule has 1 fully saturated rings. The number of hydrogen-bond donors (Lipinski definition) is 2. The Morgan fingerprint density at radius 2 is 1.87 bits per heavy atom. The lowest BCUT2D eigenvalue weighted by molar-refractivity contribution is 0.0695. The smallest absolute Gasteiger partial charge is 0.341 e. The summed E-state index contributed by atoms with van der Waals surface area (Å²) >= 11 is 0. The summed E-state index contributed by atoms with van der Waals surface area (Å²) in [6, 6.07) is 8.04. The zero-order chi connectivity index (χ0) is 22.0. The average Bonchev–Trinajstić information content (AvgIpc) is 3.54. The van der Waals surface area contributed by atoms with Crippen LogP contribution in [0.5, 0.6) is 0 Å². The molecule has 0 radical (unpaired) electrons. The van der Waals surface area contributed by atoms with Gasteiger partial charge in [0.25, 0.3) is 0 Å². The van der Waals surface area contributed by atoms with E-state index in [0.29, 0.717) is 27.7 Å². The van der Waals surface area contributed by atoms with E-state index < -0.39 is 17.2 Å². The van der Waals surface area contributed by atoms with E-state index in [9.17, 15) is 19.5 Å². The number of pyridine rings is 2. The maximum Gasteiger partial charge on any atom is 0.341 e. The number of carbonyl (C=O) groups is 1. The first-order valence-electron chi connectivity index (χ1n) is 10.0. The topological polar surface area (TPSA) is 92.2 Å². The predicted octanol–water partition coefficient (Wildman–Crippen LogP) is 4.30. The van der Waals surface area contributed by atoms with Crippen LogP contribution in [0.1, 0.15) is 40.4 Å². The van der Waals surface area contributed by atoms with Crippen LogP contribution < -0.4 is 11.0 Å². The number of nitrogens with one attached hydrogen (secondary N) is 1. The number of aromatic amines is 1. The molecule has 0 bridgehead atoms. The average molecular weight is 418 g/mol. The van der Waals surface area contributed by atoms with Crippen molar-refractivity contribution in [1.82, 2.24) is 9.55 Å². The molecular formula is C24H19FN2O4. The molecule has 1 aliphatic rings. The lowest BCUT2D eigenvalue weighted by Gasteiger charge is -2.18. The lowest BCUT2D eigenvalue weighted by Crippen LogP contribution is -2.19. The summed E-state index contributed by atoms with van der Waals surface area (Å²) in [5, 5.41) is 10.3. The number of rotatable bonds is 3. The van der Waals surface area contributed by atoms with Crippen LogP contribution >= 0.6 is 0 Å². The molecule has 1 aliphatic carbocycles. The van der Waals surface area contributed by atoms with E-state index in [4.69, 9.17) is 0 Å². The van der Waals surface area contributed by atoms with Crippen LogP contribution in [0.4, 0.5) is 4.39 Å². The molecule has 0 unspecified atom stereocenters. The van der Waals surface area contributed by atoms with E-state index in [1.165, 1.54) is 12.3 Å². The van der Waals surface area contributed by atoms with Crippen molar-refractivity contribution in [2.75, 3.05) is 0 Å². The van der Waals surface area contributed by atoms with Crippen molar-refractivity contribution in [3.63, 3.8) is 0 Å². The number of carboxylic acid groups (broad SMARTS) is 1. The monoisotopic (exact) mass is 418 g/mol. The number of aryl methyl sites for hydroxylation is 2. The number of nitrogens with zero attached hydrogens (tertiary/aromatic N) is 1. The Kier molecular flexibility index (Phi) is 4.12. The Labute approximate surface area is 175 Å². The molecule has 0 spiro atoms. The third-order valence-electron chi connectivity index (χ3n) is 6.02. The second-order valence-electron chi connectivity index (χ2n) is 8.15. The van der Waals surface area contributed by atoms with Gasteiger partial charge in [-0.1, -0.05) is 6.07 Å². The molecule has 1 saturated carbocycles. The molecule has 7 heteroatoms. The molecule has 5 rings (SSSR count). The molecule has 2 N–H and O–H groups in total. The highest BCUT2D eigenvalue weighted by atomic mass is 19.1. The van der Waals surface area contributed by atoms with Gasteiger partial charge in [0.2, 0.25) is 11.0 Å². The zero-order valence-electron chi connectivity index (χ0n) is 17.0. The molecule has 0 saturated heterocycles. The fourth-order valence-electron chi connectivity index (χ4n) is 4.41. The summed E-state index contributed by atoms with van der Waals surface area (Å²) in [4.78, 5) is 38.9. The van der Waals surface area contributed by atoms with Crippen molar-refractivity contribution in [1.29, 1.82) is 0 Å². The molecule has 2 heterocycles. The van der Waals surface area contributed by atoms with Crippen LogP contribution in [-0.2, 0) is 0 Å². The number of aromatic nitrogens is 2. The van der Waals surface area contributed by atoms with Gasteiger partial charge in [-0.25, -0.2) is 9.18 Å². The maximum atomic E-state index is 15.3.